The summed E-state index contributed by atoms with van der Waals surface area (Å²) >= 11 is 6.01. The van der Waals surface area contributed by atoms with Crippen LogP contribution in [-0.2, 0) is 13.1 Å². The van der Waals surface area contributed by atoms with Crippen molar-refractivity contribution in [2.45, 2.75) is 20.0 Å². The maximum atomic E-state index is 9.99. The van der Waals surface area contributed by atoms with Crippen LogP contribution in [0.5, 0.6) is 17.2 Å². The zero-order valence-electron chi connectivity index (χ0n) is 15.2. The molecule has 3 N–H and O–H groups in total. The standard InChI is InChI=1S/C19H24ClN3O3/c1-4-21-19(22-11-13-6-5-7-15(20)8-13)23-12-14-9-16(25-2)18(24)17(10-14)26-3/h5-10,24H,4,11-12H2,1-3H3,(H2,21,22,23). The molecule has 6 nitrogen and oxygen atoms in total. The summed E-state index contributed by atoms with van der Waals surface area (Å²) in [6, 6.07) is 11.1. The number of rotatable bonds is 7. The van der Waals surface area contributed by atoms with E-state index in [0.717, 1.165) is 17.7 Å². The van der Waals surface area contributed by atoms with E-state index in [1.54, 1.807) is 12.1 Å². The molecule has 0 atom stereocenters. The minimum atomic E-state index is -0.0197. The third-order valence-electron chi connectivity index (χ3n) is 3.65. The van der Waals surface area contributed by atoms with Crippen molar-refractivity contribution in [2.24, 2.45) is 4.99 Å². The van der Waals surface area contributed by atoms with Crippen molar-refractivity contribution >= 4 is 17.6 Å². The quantitative estimate of drug-likeness (QED) is 0.510. The van der Waals surface area contributed by atoms with Gasteiger partial charge in [-0.25, -0.2) is 4.99 Å². The van der Waals surface area contributed by atoms with Gasteiger partial charge >= 0.3 is 0 Å². The number of benzene rings is 2. The number of aliphatic imine (C=N–C) groups is 1. The molecule has 0 fully saturated rings. The molecular weight excluding hydrogens is 354 g/mol. The molecule has 7 heteroatoms. The Kier molecular flexibility index (Phi) is 7.41. The molecule has 0 saturated carbocycles. The molecule has 140 valence electrons. The molecule has 0 aliphatic rings. The molecule has 0 amide bonds. The number of phenolic OH excluding ortho intramolecular Hbond substituents is 1. The van der Waals surface area contributed by atoms with Gasteiger partial charge in [0.25, 0.3) is 0 Å². The second-order valence-electron chi connectivity index (χ2n) is 5.53. The number of methoxy groups -OCH3 is 2. The number of hydrogen-bond donors (Lipinski definition) is 3. The van der Waals surface area contributed by atoms with E-state index in [-0.39, 0.29) is 5.75 Å². The Balaban J connectivity index is 2.11. The SMILES string of the molecule is CCNC(=NCc1cc(OC)c(O)c(OC)c1)NCc1cccc(Cl)c1. The lowest BCUT2D eigenvalue weighted by Gasteiger charge is -2.13. The first-order valence-electron chi connectivity index (χ1n) is 8.27. The van der Waals surface area contributed by atoms with Crippen LogP contribution in [0, 0.1) is 0 Å². The summed E-state index contributed by atoms with van der Waals surface area (Å²) in [4.78, 5) is 4.57. The van der Waals surface area contributed by atoms with Crippen LogP contribution in [0.1, 0.15) is 18.1 Å². The molecule has 0 bridgehead atoms. The van der Waals surface area contributed by atoms with Crippen LogP contribution in [0.25, 0.3) is 0 Å². The number of nitrogens with one attached hydrogen (secondary N) is 2. The summed E-state index contributed by atoms with van der Waals surface area (Å²) in [7, 11) is 3.00. The summed E-state index contributed by atoms with van der Waals surface area (Å²) < 4.78 is 10.4. The Morgan fingerprint density at radius 3 is 2.35 bits per heavy atom. The summed E-state index contributed by atoms with van der Waals surface area (Å²) in [5.41, 5.74) is 1.92. The zero-order chi connectivity index (χ0) is 18.9. The average Bonchev–Trinajstić information content (AvgIpc) is 2.64. The van der Waals surface area contributed by atoms with Gasteiger partial charge in [-0.3, -0.25) is 0 Å². The van der Waals surface area contributed by atoms with Crippen molar-refractivity contribution < 1.29 is 14.6 Å². The lowest BCUT2D eigenvalue weighted by molar-refractivity contribution is 0.339. The summed E-state index contributed by atoms with van der Waals surface area (Å²) in [6.45, 7) is 3.75. The van der Waals surface area contributed by atoms with Gasteiger partial charge in [-0.15, -0.1) is 0 Å². The fraction of sp³-hybridized carbons (Fsp3) is 0.316. The van der Waals surface area contributed by atoms with E-state index in [1.165, 1.54) is 14.2 Å². The normalized spacial score (nSPS) is 11.2. The summed E-state index contributed by atoms with van der Waals surface area (Å²) in [5, 5.41) is 17.2. The van der Waals surface area contributed by atoms with Crippen LogP contribution in [0.15, 0.2) is 41.4 Å². The molecule has 2 aromatic carbocycles. The Hall–Kier alpha value is -2.60. The predicted molar refractivity (Wildman–Crippen MR) is 104 cm³/mol. The molecule has 0 aromatic heterocycles. The maximum Gasteiger partial charge on any atom is 0.200 e. The monoisotopic (exact) mass is 377 g/mol. The summed E-state index contributed by atoms with van der Waals surface area (Å²) in [6.07, 6.45) is 0. The lowest BCUT2D eigenvalue weighted by atomic mass is 10.2. The van der Waals surface area contributed by atoms with Crippen LogP contribution in [0.4, 0.5) is 0 Å². The van der Waals surface area contributed by atoms with Gasteiger partial charge in [0, 0.05) is 18.1 Å². The first-order valence-corrected chi connectivity index (χ1v) is 8.65. The minimum absolute atomic E-state index is 0.0197. The number of hydrogen-bond acceptors (Lipinski definition) is 4. The van der Waals surface area contributed by atoms with Gasteiger partial charge in [-0.2, -0.15) is 0 Å². The number of halogens is 1. The smallest absolute Gasteiger partial charge is 0.200 e. The van der Waals surface area contributed by atoms with E-state index in [1.807, 2.05) is 31.2 Å². The Bertz CT molecular complexity index is 740. The van der Waals surface area contributed by atoms with Crippen molar-refractivity contribution in [1.29, 1.82) is 0 Å². The topological polar surface area (TPSA) is 75.1 Å². The third kappa shape index (κ3) is 5.46. The number of phenols is 1. The van der Waals surface area contributed by atoms with Crippen molar-refractivity contribution in [2.75, 3.05) is 20.8 Å². The molecule has 2 rings (SSSR count). The highest BCUT2D eigenvalue weighted by atomic mass is 35.5. The first kappa shape index (κ1) is 19.7. The van der Waals surface area contributed by atoms with Gasteiger partial charge in [-0.1, -0.05) is 23.7 Å². The van der Waals surface area contributed by atoms with Gasteiger partial charge in [0.2, 0.25) is 5.75 Å². The average molecular weight is 378 g/mol. The second kappa shape index (κ2) is 9.77. The fourth-order valence-corrected chi connectivity index (χ4v) is 2.60. The van der Waals surface area contributed by atoms with Gasteiger partial charge in [0.05, 0.1) is 20.8 Å². The largest absolute Gasteiger partial charge is 0.502 e. The third-order valence-corrected chi connectivity index (χ3v) is 3.89. The highest BCUT2D eigenvalue weighted by Gasteiger charge is 2.11. The van der Waals surface area contributed by atoms with Gasteiger partial charge in [0.1, 0.15) is 0 Å². The van der Waals surface area contributed by atoms with Gasteiger partial charge in [0.15, 0.2) is 17.5 Å². The Labute approximate surface area is 158 Å². The molecular formula is C19H24ClN3O3. The van der Waals surface area contributed by atoms with Crippen LogP contribution < -0.4 is 20.1 Å². The van der Waals surface area contributed by atoms with Crippen LogP contribution in [-0.4, -0.2) is 31.8 Å². The van der Waals surface area contributed by atoms with E-state index in [2.05, 4.69) is 15.6 Å². The lowest BCUT2D eigenvalue weighted by Crippen LogP contribution is -2.36. The van der Waals surface area contributed by atoms with E-state index in [0.29, 0.717) is 35.6 Å². The number of guanidine groups is 1. The predicted octanol–water partition coefficient (Wildman–Crippen LogP) is 3.32. The van der Waals surface area contributed by atoms with E-state index in [9.17, 15) is 5.11 Å². The molecule has 0 radical (unpaired) electrons. The highest BCUT2D eigenvalue weighted by molar-refractivity contribution is 6.30. The number of ether oxygens (including phenoxy) is 2. The van der Waals surface area contributed by atoms with Crippen molar-refractivity contribution in [3.05, 3.63) is 52.5 Å². The van der Waals surface area contributed by atoms with E-state index in [4.69, 9.17) is 21.1 Å². The molecule has 0 aliphatic heterocycles. The first-order chi connectivity index (χ1) is 12.6. The fourth-order valence-electron chi connectivity index (χ4n) is 2.38. The summed E-state index contributed by atoms with van der Waals surface area (Å²) in [5.74, 6) is 1.37. The molecule has 0 aliphatic carbocycles. The molecule has 0 unspecified atom stereocenters. The number of nitrogens with zero attached hydrogens (tertiary/aromatic N) is 1. The molecule has 0 heterocycles. The van der Waals surface area contributed by atoms with Crippen LogP contribution in [0.2, 0.25) is 5.02 Å². The zero-order valence-corrected chi connectivity index (χ0v) is 15.9. The maximum absolute atomic E-state index is 9.99. The van der Waals surface area contributed by atoms with Gasteiger partial charge in [-0.05, 0) is 42.3 Å². The van der Waals surface area contributed by atoms with Crippen molar-refractivity contribution in [3.8, 4) is 17.2 Å². The van der Waals surface area contributed by atoms with Crippen molar-refractivity contribution in [3.63, 3.8) is 0 Å². The Morgan fingerprint density at radius 1 is 1.08 bits per heavy atom. The molecule has 2 aromatic rings. The minimum Gasteiger partial charge on any atom is -0.502 e. The second-order valence-corrected chi connectivity index (χ2v) is 5.96. The molecule has 26 heavy (non-hydrogen) atoms. The van der Waals surface area contributed by atoms with Crippen LogP contribution >= 0.6 is 11.6 Å². The van der Waals surface area contributed by atoms with Crippen molar-refractivity contribution in [1.82, 2.24) is 10.6 Å². The van der Waals surface area contributed by atoms with E-state index < -0.39 is 0 Å². The Morgan fingerprint density at radius 2 is 1.77 bits per heavy atom. The van der Waals surface area contributed by atoms with E-state index >= 15 is 0 Å². The highest BCUT2D eigenvalue weighted by Crippen LogP contribution is 2.37. The number of aromatic hydroxyl groups is 1. The van der Waals surface area contributed by atoms with Gasteiger partial charge < -0.3 is 25.2 Å². The molecule has 0 spiro atoms. The molecule has 0 saturated heterocycles. The van der Waals surface area contributed by atoms with Crippen LogP contribution in [0.3, 0.4) is 0 Å².